The first-order chi connectivity index (χ1) is 4.81. The van der Waals surface area contributed by atoms with Crippen molar-refractivity contribution >= 4 is 0 Å². The number of allylic oxidation sites excluding steroid dienone is 2. The molecule has 0 atom stereocenters. The van der Waals surface area contributed by atoms with E-state index in [1.54, 1.807) is 12.1 Å². The first-order valence-electron chi connectivity index (χ1n) is 3.60. The number of nitriles is 1. The van der Waals surface area contributed by atoms with Crippen LogP contribution in [0.4, 0.5) is 0 Å². The van der Waals surface area contributed by atoms with Gasteiger partial charge < -0.3 is 5.11 Å². The van der Waals surface area contributed by atoms with Crippen molar-refractivity contribution in [1.29, 1.82) is 5.26 Å². The van der Waals surface area contributed by atoms with Gasteiger partial charge in [-0.1, -0.05) is 19.8 Å². The van der Waals surface area contributed by atoms with Crippen LogP contribution < -0.4 is 0 Å². The quantitative estimate of drug-likeness (QED) is 0.281. The first kappa shape index (κ1) is 9.03. The van der Waals surface area contributed by atoms with E-state index < -0.39 is 0 Å². The molecule has 2 heteroatoms. The molecule has 0 saturated carbocycles. The van der Waals surface area contributed by atoms with Crippen molar-refractivity contribution in [2.24, 2.45) is 0 Å². The number of hydrogen-bond acceptors (Lipinski definition) is 2. The fourth-order valence-corrected chi connectivity index (χ4v) is 0.679. The Bertz CT molecular complexity index is 144. The van der Waals surface area contributed by atoms with Gasteiger partial charge in [0.05, 0.1) is 0 Å². The van der Waals surface area contributed by atoms with E-state index in [4.69, 9.17) is 10.4 Å². The maximum absolute atomic E-state index is 8.66. The van der Waals surface area contributed by atoms with E-state index in [0.29, 0.717) is 0 Å². The van der Waals surface area contributed by atoms with Gasteiger partial charge in [0.2, 0.25) is 0 Å². The zero-order valence-electron chi connectivity index (χ0n) is 6.30. The summed E-state index contributed by atoms with van der Waals surface area (Å²) < 4.78 is 0. The Morgan fingerprint density at radius 2 is 2.30 bits per heavy atom. The summed E-state index contributed by atoms with van der Waals surface area (Å²) in [6.07, 6.45) is 5.77. The number of hydrogen-bond donors (Lipinski definition) is 1. The van der Waals surface area contributed by atoms with Gasteiger partial charge in [-0.2, -0.15) is 5.26 Å². The summed E-state index contributed by atoms with van der Waals surface area (Å²) in [5, 5.41) is 16.8. The predicted octanol–water partition coefficient (Wildman–Crippen LogP) is 2.53. The van der Waals surface area contributed by atoms with Gasteiger partial charge in [0.15, 0.2) is 5.76 Å². The first-order valence-corrected chi connectivity index (χ1v) is 3.60. The molecule has 2 nitrogen and oxygen atoms in total. The lowest BCUT2D eigenvalue weighted by atomic mass is 10.2. The third-order valence-electron chi connectivity index (χ3n) is 1.26. The van der Waals surface area contributed by atoms with Crippen LogP contribution in [0, 0.1) is 11.3 Å². The molecule has 0 bridgehead atoms. The second-order valence-electron chi connectivity index (χ2n) is 2.20. The third kappa shape index (κ3) is 5.17. The molecule has 0 radical (unpaired) electrons. The number of unbranched alkanes of at least 4 members (excludes halogenated alkanes) is 3. The Morgan fingerprint density at radius 1 is 1.60 bits per heavy atom. The van der Waals surface area contributed by atoms with Crippen molar-refractivity contribution in [2.75, 3.05) is 0 Å². The number of aliphatic hydroxyl groups is 1. The SMILES string of the molecule is CCCCCC=C(O)C#N. The highest BCUT2D eigenvalue weighted by atomic mass is 16.3. The molecule has 0 aliphatic rings. The smallest absolute Gasteiger partial charge is 0.190 e. The largest absolute Gasteiger partial charge is 0.500 e. The zero-order valence-corrected chi connectivity index (χ0v) is 6.30. The minimum Gasteiger partial charge on any atom is -0.500 e. The number of rotatable bonds is 4. The second kappa shape index (κ2) is 6.15. The molecule has 0 amide bonds. The van der Waals surface area contributed by atoms with Gasteiger partial charge in [-0.3, -0.25) is 0 Å². The number of aliphatic hydroxyl groups excluding tert-OH is 1. The monoisotopic (exact) mass is 139 g/mol. The highest BCUT2D eigenvalue weighted by molar-refractivity contribution is 5.10. The van der Waals surface area contributed by atoms with E-state index in [2.05, 4.69) is 6.92 Å². The van der Waals surface area contributed by atoms with Gasteiger partial charge >= 0.3 is 0 Å². The molecule has 0 spiro atoms. The average Bonchev–Trinajstić information content (AvgIpc) is 1.98. The van der Waals surface area contributed by atoms with Crippen molar-refractivity contribution in [1.82, 2.24) is 0 Å². The lowest BCUT2D eigenvalue weighted by Gasteiger charge is -1.90. The molecule has 0 aromatic carbocycles. The van der Waals surface area contributed by atoms with Crippen LogP contribution in [-0.2, 0) is 0 Å². The van der Waals surface area contributed by atoms with Crippen molar-refractivity contribution in [3.05, 3.63) is 11.8 Å². The van der Waals surface area contributed by atoms with Gasteiger partial charge in [0.25, 0.3) is 0 Å². The van der Waals surface area contributed by atoms with Crippen molar-refractivity contribution in [3.8, 4) is 6.07 Å². The molecule has 0 aliphatic carbocycles. The van der Waals surface area contributed by atoms with Crippen LogP contribution in [0.25, 0.3) is 0 Å². The minimum atomic E-state index is -0.156. The molecule has 0 heterocycles. The minimum absolute atomic E-state index is 0.156. The molecule has 0 aromatic rings. The predicted molar refractivity (Wildman–Crippen MR) is 40.5 cm³/mol. The average molecular weight is 139 g/mol. The van der Waals surface area contributed by atoms with Crippen LogP contribution >= 0.6 is 0 Å². The topological polar surface area (TPSA) is 44.0 Å². The molecule has 0 saturated heterocycles. The molecule has 0 aromatic heterocycles. The summed E-state index contributed by atoms with van der Waals surface area (Å²) in [5.41, 5.74) is 0. The Hall–Kier alpha value is -0.970. The van der Waals surface area contributed by atoms with Gasteiger partial charge in [-0.25, -0.2) is 0 Å². The molecule has 0 unspecified atom stereocenters. The summed E-state index contributed by atoms with van der Waals surface area (Å²) >= 11 is 0. The van der Waals surface area contributed by atoms with Crippen LogP contribution in [0.2, 0.25) is 0 Å². The van der Waals surface area contributed by atoms with Gasteiger partial charge in [-0.15, -0.1) is 0 Å². The lowest BCUT2D eigenvalue weighted by Crippen LogP contribution is -1.75. The Labute approximate surface area is 61.8 Å². The summed E-state index contributed by atoms with van der Waals surface area (Å²) in [6, 6.07) is 1.66. The van der Waals surface area contributed by atoms with Gasteiger partial charge in [0.1, 0.15) is 6.07 Å². The lowest BCUT2D eigenvalue weighted by molar-refractivity contribution is 0.433. The normalized spacial score (nSPS) is 11.0. The standard InChI is InChI=1S/C8H13NO/c1-2-3-4-5-6-8(10)7-9/h6,10H,2-5H2,1H3. The van der Waals surface area contributed by atoms with E-state index in [1.165, 1.54) is 6.42 Å². The van der Waals surface area contributed by atoms with E-state index in [0.717, 1.165) is 19.3 Å². The summed E-state index contributed by atoms with van der Waals surface area (Å²) in [7, 11) is 0. The highest BCUT2D eigenvalue weighted by Crippen LogP contribution is 2.00. The fraction of sp³-hybridized carbons (Fsp3) is 0.625. The summed E-state index contributed by atoms with van der Waals surface area (Å²) in [6.45, 7) is 2.12. The number of nitrogens with zero attached hydrogens (tertiary/aromatic N) is 1. The van der Waals surface area contributed by atoms with Crippen molar-refractivity contribution in [3.63, 3.8) is 0 Å². The summed E-state index contributed by atoms with van der Waals surface area (Å²) in [5.74, 6) is -0.156. The molecule has 0 aliphatic heterocycles. The third-order valence-corrected chi connectivity index (χ3v) is 1.26. The van der Waals surface area contributed by atoms with E-state index in [1.807, 2.05) is 0 Å². The van der Waals surface area contributed by atoms with Crippen molar-refractivity contribution in [2.45, 2.75) is 32.6 Å². The van der Waals surface area contributed by atoms with E-state index >= 15 is 0 Å². The van der Waals surface area contributed by atoms with Gasteiger partial charge in [0, 0.05) is 0 Å². The molecule has 10 heavy (non-hydrogen) atoms. The van der Waals surface area contributed by atoms with E-state index in [-0.39, 0.29) is 5.76 Å². The Kier molecular flexibility index (Phi) is 5.56. The molecular weight excluding hydrogens is 126 g/mol. The summed E-state index contributed by atoms with van der Waals surface area (Å²) in [4.78, 5) is 0. The Morgan fingerprint density at radius 3 is 2.80 bits per heavy atom. The van der Waals surface area contributed by atoms with Crippen LogP contribution in [0.1, 0.15) is 32.6 Å². The molecular formula is C8H13NO. The van der Waals surface area contributed by atoms with Crippen LogP contribution in [0.5, 0.6) is 0 Å². The zero-order chi connectivity index (χ0) is 7.82. The van der Waals surface area contributed by atoms with E-state index in [9.17, 15) is 0 Å². The van der Waals surface area contributed by atoms with Crippen LogP contribution in [-0.4, -0.2) is 5.11 Å². The fourth-order valence-electron chi connectivity index (χ4n) is 0.679. The van der Waals surface area contributed by atoms with Crippen molar-refractivity contribution < 1.29 is 5.11 Å². The Balaban J connectivity index is 3.27. The van der Waals surface area contributed by atoms with Gasteiger partial charge in [-0.05, 0) is 18.9 Å². The molecule has 0 rings (SSSR count). The van der Waals surface area contributed by atoms with Crippen LogP contribution in [0.15, 0.2) is 11.8 Å². The highest BCUT2D eigenvalue weighted by Gasteiger charge is 1.86. The molecule has 1 N–H and O–H groups in total. The maximum Gasteiger partial charge on any atom is 0.190 e. The molecule has 0 fully saturated rings. The second-order valence-corrected chi connectivity index (χ2v) is 2.20. The van der Waals surface area contributed by atoms with Crippen LogP contribution in [0.3, 0.4) is 0 Å². The molecule has 56 valence electrons. The maximum atomic E-state index is 8.66.